The number of hydrogen-bond acceptors (Lipinski definition) is 3. The van der Waals surface area contributed by atoms with Gasteiger partial charge in [0.1, 0.15) is 0 Å². The fraction of sp³-hybridized carbons (Fsp3) is 0.889. The Kier molecular flexibility index (Phi) is 10.7. The van der Waals surface area contributed by atoms with Crippen molar-refractivity contribution < 1.29 is 4.79 Å². The molecule has 7 heteroatoms. The standard InChI is InChI=1S/C18H35N5O.HI/c1-4-17(24)23-12-9-16(14-23)21-18(19-5-2)20-10-13-22-11-7-6-8-15(22)3;/h15-16H,4-14H2,1-3H3,(H2,19,20,21);1H. The second-order valence-corrected chi connectivity index (χ2v) is 6.96. The molecule has 2 aliphatic heterocycles. The van der Waals surface area contributed by atoms with Crippen LogP contribution in [0.2, 0.25) is 0 Å². The van der Waals surface area contributed by atoms with Gasteiger partial charge in [0.05, 0.1) is 6.54 Å². The summed E-state index contributed by atoms with van der Waals surface area (Å²) in [6.07, 6.45) is 5.58. The number of carbonyl (C=O) groups excluding carboxylic acids is 1. The van der Waals surface area contributed by atoms with Crippen molar-refractivity contribution in [1.82, 2.24) is 20.4 Å². The van der Waals surface area contributed by atoms with Gasteiger partial charge < -0.3 is 15.5 Å². The molecular weight excluding hydrogens is 429 g/mol. The average molecular weight is 465 g/mol. The van der Waals surface area contributed by atoms with Gasteiger partial charge >= 0.3 is 0 Å². The number of amides is 1. The lowest BCUT2D eigenvalue weighted by atomic mass is 10.0. The zero-order valence-corrected chi connectivity index (χ0v) is 18.4. The molecule has 2 saturated heterocycles. The quantitative estimate of drug-likeness (QED) is 0.358. The van der Waals surface area contributed by atoms with Crippen molar-refractivity contribution in [1.29, 1.82) is 0 Å². The lowest BCUT2D eigenvalue weighted by molar-refractivity contribution is -0.129. The Morgan fingerprint density at radius 2 is 2.00 bits per heavy atom. The maximum atomic E-state index is 11.8. The lowest BCUT2D eigenvalue weighted by Gasteiger charge is -2.32. The van der Waals surface area contributed by atoms with Crippen molar-refractivity contribution in [3.8, 4) is 0 Å². The van der Waals surface area contributed by atoms with Gasteiger partial charge in [0.25, 0.3) is 0 Å². The van der Waals surface area contributed by atoms with Gasteiger partial charge in [0, 0.05) is 44.7 Å². The smallest absolute Gasteiger partial charge is 0.222 e. The SMILES string of the molecule is CCNC(=NCCN1CCCCC1C)NC1CCN(C(=O)CC)C1.I. The van der Waals surface area contributed by atoms with Crippen LogP contribution in [0.1, 0.15) is 52.9 Å². The summed E-state index contributed by atoms with van der Waals surface area (Å²) >= 11 is 0. The van der Waals surface area contributed by atoms with Crippen LogP contribution < -0.4 is 10.6 Å². The van der Waals surface area contributed by atoms with E-state index in [0.717, 1.165) is 45.1 Å². The Morgan fingerprint density at radius 1 is 1.20 bits per heavy atom. The van der Waals surface area contributed by atoms with Crippen LogP contribution in [0.25, 0.3) is 0 Å². The first-order valence-electron chi connectivity index (χ1n) is 9.70. The van der Waals surface area contributed by atoms with Crippen LogP contribution >= 0.6 is 24.0 Å². The molecule has 0 spiro atoms. The Bertz CT molecular complexity index is 432. The van der Waals surface area contributed by atoms with Crippen molar-refractivity contribution in [3.05, 3.63) is 0 Å². The minimum atomic E-state index is 0. The third kappa shape index (κ3) is 7.29. The number of nitrogens with one attached hydrogen (secondary N) is 2. The molecule has 0 aliphatic carbocycles. The van der Waals surface area contributed by atoms with Crippen molar-refractivity contribution in [2.24, 2.45) is 4.99 Å². The second kappa shape index (κ2) is 11.9. The largest absolute Gasteiger partial charge is 0.357 e. The van der Waals surface area contributed by atoms with E-state index in [1.165, 1.54) is 25.8 Å². The molecule has 0 saturated carbocycles. The molecule has 6 nitrogen and oxygen atoms in total. The Labute approximate surface area is 170 Å². The molecule has 146 valence electrons. The molecular formula is C18H36IN5O. The lowest BCUT2D eigenvalue weighted by Crippen LogP contribution is -2.45. The number of hydrogen-bond donors (Lipinski definition) is 2. The first kappa shape index (κ1) is 22.5. The van der Waals surface area contributed by atoms with E-state index in [4.69, 9.17) is 4.99 Å². The molecule has 0 aromatic heterocycles. The van der Waals surface area contributed by atoms with Gasteiger partial charge in [-0.05, 0) is 39.7 Å². The molecule has 2 unspecified atom stereocenters. The van der Waals surface area contributed by atoms with E-state index in [1.807, 2.05) is 11.8 Å². The fourth-order valence-electron chi connectivity index (χ4n) is 3.62. The summed E-state index contributed by atoms with van der Waals surface area (Å²) in [6, 6.07) is 1.00. The minimum Gasteiger partial charge on any atom is -0.357 e. The van der Waals surface area contributed by atoms with Crippen LogP contribution in [0.15, 0.2) is 4.99 Å². The predicted octanol–water partition coefficient (Wildman–Crippen LogP) is 2.04. The molecule has 2 heterocycles. The number of halogens is 1. The van der Waals surface area contributed by atoms with E-state index in [-0.39, 0.29) is 29.9 Å². The summed E-state index contributed by atoms with van der Waals surface area (Å²) in [4.78, 5) is 21.0. The monoisotopic (exact) mass is 465 g/mol. The van der Waals surface area contributed by atoms with Crippen LogP contribution in [-0.2, 0) is 4.79 Å². The number of guanidine groups is 1. The maximum Gasteiger partial charge on any atom is 0.222 e. The molecule has 0 aromatic rings. The van der Waals surface area contributed by atoms with E-state index >= 15 is 0 Å². The highest BCUT2D eigenvalue weighted by atomic mass is 127. The average Bonchev–Trinajstić information content (AvgIpc) is 3.04. The summed E-state index contributed by atoms with van der Waals surface area (Å²) < 4.78 is 0. The number of nitrogens with zero attached hydrogens (tertiary/aromatic N) is 3. The molecule has 2 rings (SSSR count). The zero-order valence-electron chi connectivity index (χ0n) is 16.1. The summed E-state index contributed by atoms with van der Waals surface area (Å²) in [7, 11) is 0. The molecule has 0 radical (unpaired) electrons. The van der Waals surface area contributed by atoms with Crippen LogP contribution in [0, 0.1) is 0 Å². The number of rotatable bonds is 6. The third-order valence-corrected chi connectivity index (χ3v) is 5.13. The highest BCUT2D eigenvalue weighted by Crippen LogP contribution is 2.15. The van der Waals surface area contributed by atoms with Crippen LogP contribution in [0.4, 0.5) is 0 Å². The highest BCUT2D eigenvalue weighted by Gasteiger charge is 2.25. The Hall–Kier alpha value is -0.570. The van der Waals surface area contributed by atoms with Crippen molar-refractivity contribution in [2.45, 2.75) is 65.0 Å². The second-order valence-electron chi connectivity index (χ2n) is 6.96. The van der Waals surface area contributed by atoms with Crippen molar-refractivity contribution in [2.75, 3.05) is 39.3 Å². The van der Waals surface area contributed by atoms with Gasteiger partial charge in [-0.3, -0.25) is 14.7 Å². The van der Waals surface area contributed by atoms with Gasteiger partial charge in [-0.2, -0.15) is 0 Å². The third-order valence-electron chi connectivity index (χ3n) is 5.13. The number of likely N-dealkylation sites (tertiary alicyclic amines) is 2. The number of aliphatic imine (C=N–C) groups is 1. The van der Waals surface area contributed by atoms with Crippen LogP contribution in [0.3, 0.4) is 0 Å². The first-order chi connectivity index (χ1) is 11.6. The first-order valence-corrected chi connectivity index (χ1v) is 9.70. The molecule has 1 amide bonds. The van der Waals surface area contributed by atoms with Crippen LogP contribution in [-0.4, -0.2) is 73.0 Å². The molecule has 2 atom stereocenters. The predicted molar refractivity (Wildman–Crippen MR) is 115 cm³/mol. The zero-order chi connectivity index (χ0) is 17.4. The van der Waals surface area contributed by atoms with E-state index in [2.05, 4.69) is 29.4 Å². The van der Waals surface area contributed by atoms with E-state index in [0.29, 0.717) is 18.5 Å². The summed E-state index contributed by atoms with van der Waals surface area (Å²) in [5.41, 5.74) is 0. The Morgan fingerprint density at radius 3 is 2.68 bits per heavy atom. The van der Waals surface area contributed by atoms with E-state index < -0.39 is 0 Å². The van der Waals surface area contributed by atoms with Gasteiger partial charge in [0.15, 0.2) is 5.96 Å². The topological polar surface area (TPSA) is 60.0 Å². The van der Waals surface area contributed by atoms with E-state index in [1.54, 1.807) is 0 Å². The van der Waals surface area contributed by atoms with Gasteiger partial charge in [0.2, 0.25) is 5.91 Å². The van der Waals surface area contributed by atoms with E-state index in [9.17, 15) is 4.79 Å². The van der Waals surface area contributed by atoms with Gasteiger partial charge in [-0.1, -0.05) is 13.3 Å². The maximum absolute atomic E-state index is 11.8. The summed E-state index contributed by atoms with van der Waals surface area (Å²) in [6.45, 7) is 11.9. The molecule has 2 N–H and O–H groups in total. The summed E-state index contributed by atoms with van der Waals surface area (Å²) in [5.74, 6) is 1.14. The van der Waals surface area contributed by atoms with Crippen molar-refractivity contribution >= 4 is 35.8 Å². The minimum absolute atomic E-state index is 0. The molecule has 25 heavy (non-hydrogen) atoms. The molecule has 0 bridgehead atoms. The summed E-state index contributed by atoms with van der Waals surface area (Å²) in [5, 5.41) is 6.83. The number of carbonyl (C=O) groups is 1. The normalized spacial score (nSPS) is 24.8. The number of piperidine rings is 1. The molecule has 2 fully saturated rings. The molecule has 2 aliphatic rings. The van der Waals surface area contributed by atoms with Crippen molar-refractivity contribution in [3.63, 3.8) is 0 Å². The fourth-order valence-corrected chi connectivity index (χ4v) is 3.62. The molecule has 0 aromatic carbocycles. The Balaban J connectivity index is 0.00000312. The highest BCUT2D eigenvalue weighted by molar-refractivity contribution is 14.0. The van der Waals surface area contributed by atoms with Crippen LogP contribution in [0.5, 0.6) is 0 Å². The van der Waals surface area contributed by atoms with Gasteiger partial charge in [-0.25, -0.2) is 0 Å². The van der Waals surface area contributed by atoms with Gasteiger partial charge in [-0.15, -0.1) is 24.0 Å².